The van der Waals surface area contributed by atoms with Gasteiger partial charge < -0.3 is 5.73 Å². The quantitative estimate of drug-likeness (QED) is 0.714. The molecule has 0 unspecified atom stereocenters. The van der Waals surface area contributed by atoms with E-state index in [-0.39, 0.29) is 11.5 Å². The van der Waals surface area contributed by atoms with Crippen molar-refractivity contribution < 1.29 is 4.79 Å². The minimum atomic E-state index is -0.419. The summed E-state index contributed by atoms with van der Waals surface area (Å²) in [4.78, 5) is 25.2. The fourth-order valence-electron chi connectivity index (χ4n) is 1.96. The summed E-state index contributed by atoms with van der Waals surface area (Å²) in [7, 11) is 0. The molecule has 23 heavy (non-hydrogen) atoms. The van der Waals surface area contributed by atoms with Crippen molar-refractivity contribution in [1.29, 1.82) is 0 Å². The Morgan fingerprint density at radius 1 is 1.22 bits per heavy atom. The number of aromatic nitrogens is 3. The van der Waals surface area contributed by atoms with Crippen LogP contribution >= 0.6 is 27.3 Å². The van der Waals surface area contributed by atoms with Crippen LogP contribution in [0, 0.1) is 0 Å². The predicted octanol–water partition coefficient (Wildman–Crippen LogP) is 3.12. The fourth-order valence-corrected chi connectivity index (χ4v) is 3.21. The van der Waals surface area contributed by atoms with Crippen LogP contribution in [0.3, 0.4) is 0 Å². The Balaban J connectivity index is 1.72. The van der Waals surface area contributed by atoms with E-state index < -0.39 is 5.91 Å². The molecule has 0 aliphatic rings. The van der Waals surface area contributed by atoms with Crippen molar-refractivity contribution in [3.05, 3.63) is 63.5 Å². The van der Waals surface area contributed by atoms with E-state index in [1.54, 1.807) is 6.20 Å². The second-order valence-corrected chi connectivity index (χ2v) is 6.61. The minimum Gasteiger partial charge on any atom is -0.382 e. The Kier molecular flexibility index (Phi) is 4.63. The van der Waals surface area contributed by atoms with Crippen LogP contribution < -0.4 is 11.1 Å². The van der Waals surface area contributed by atoms with Crippen LogP contribution in [0.25, 0.3) is 0 Å². The minimum absolute atomic E-state index is 0.0926. The summed E-state index contributed by atoms with van der Waals surface area (Å²) in [6, 6.07) is 8.00. The molecule has 0 aliphatic carbocycles. The molecule has 0 saturated heterocycles. The van der Waals surface area contributed by atoms with Crippen LogP contribution in [0.4, 0.5) is 10.9 Å². The lowest BCUT2D eigenvalue weighted by atomic mass is 10.1. The van der Waals surface area contributed by atoms with Crippen molar-refractivity contribution >= 4 is 44.1 Å². The molecule has 0 radical (unpaired) electrons. The van der Waals surface area contributed by atoms with Gasteiger partial charge in [0.2, 0.25) is 0 Å². The average Bonchev–Trinajstić information content (AvgIpc) is 2.97. The number of carbonyl (C=O) groups is 1. The summed E-state index contributed by atoms with van der Waals surface area (Å²) in [6.07, 6.45) is 5.35. The van der Waals surface area contributed by atoms with Crippen LogP contribution in [-0.2, 0) is 6.42 Å². The Morgan fingerprint density at radius 3 is 2.78 bits per heavy atom. The highest BCUT2D eigenvalue weighted by molar-refractivity contribution is 9.10. The van der Waals surface area contributed by atoms with E-state index in [1.807, 2.05) is 24.3 Å². The number of rotatable bonds is 4. The largest absolute Gasteiger partial charge is 0.382 e. The topological polar surface area (TPSA) is 93.8 Å². The maximum absolute atomic E-state index is 12.1. The van der Waals surface area contributed by atoms with Gasteiger partial charge in [0.25, 0.3) is 5.91 Å². The molecule has 0 atom stereocenters. The zero-order valence-corrected chi connectivity index (χ0v) is 14.3. The summed E-state index contributed by atoms with van der Waals surface area (Å²) in [5.74, 6) is -0.326. The molecule has 6 nitrogen and oxygen atoms in total. The number of nitrogens with zero attached hydrogens (tertiary/aromatic N) is 3. The first-order valence-corrected chi connectivity index (χ1v) is 8.30. The van der Waals surface area contributed by atoms with Gasteiger partial charge >= 0.3 is 0 Å². The Bertz CT molecular complexity index is 851. The number of nitrogen functional groups attached to an aromatic ring is 1. The first-order valence-electron chi connectivity index (χ1n) is 6.69. The van der Waals surface area contributed by atoms with E-state index in [9.17, 15) is 4.79 Å². The molecule has 1 amide bonds. The first kappa shape index (κ1) is 15.6. The number of amides is 1. The predicted molar refractivity (Wildman–Crippen MR) is 93.5 cm³/mol. The maximum Gasteiger partial charge on any atom is 0.279 e. The van der Waals surface area contributed by atoms with Crippen LogP contribution in [0.5, 0.6) is 0 Å². The second-order valence-electron chi connectivity index (χ2n) is 4.64. The van der Waals surface area contributed by atoms with E-state index in [4.69, 9.17) is 5.73 Å². The van der Waals surface area contributed by atoms with Gasteiger partial charge in [0.05, 0.1) is 0 Å². The Labute approximate surface area is 144 Å². The molecular formula is C15H12BrN5OS. The lowest BCUT2D eigenvalue weighted by Crippen LogP contribution is -2.16. The zero-order valence-electron chi connectivity index (χ0n) is 11.9. The molecule has 0 aliphatic heterocycles. The molecule has 3 N–H and O–H groups in total. The van der Waals surface area contributed by atoms with E-state index >= 15 is 0 Å². The van der Waals surface area contributed by atoms with Crippen molar-refractivity contribution in [2.45, 2.75) is 6.42 Å². The molecule has 8 heteroatoms. The van der Waals surface area contributed by atoms with Crippen molar-refractivity contribution in [3.8, 4) is 0 Å². The molecule has 0 saturated carbocycles. The molecular weight excluding hydrogens is 378 g/mol. The third-order valence-electron chi connectivity index (χ3n) is 3.04. The maximum atomic E-state index is 12.1. The SMILES string of the molecule is Nc1nccnc1C(=O)Nc1ncc(Cc2ccccc2Br)s1. The number of benzene rings is 1. The number of anilines is 2. The molecule has 1 aromatic carbocycles. The zero-order chi connectivity index (χ0) is 16.2. The molecule has 2 heterocycles. The Hall–Kier alpha value is -2.32. The van der Waals surface area contributed by atoms with Gasteiger partial charge in [0.1, 0.15) is 0 Å². The summed E-state index contributed by atoms with van der Waals surface area (Å²) in [6.45, 7) is 0. The van der Waals surface area contributed by atoms with Crippen molar-refractivity contribution in [2.24, 2.45) is 0 Å². The van der Waals surface area contributed by atoms with E-state index in [0.717, 1.165) is 21.3 Å². The van der Waals surface area contributed by atoms with Crippen molar-refractivity contribution in [1.82, 2.24) is 15.0 Å². The van der Waals surface area contributed by atoms with E-state index in [2.05, 4.69) is 36.2 Å². The van der Waals surface area contributed by atoms with Gasteiger partial charge in [-0.2, -0.15) is 0 Å². The third kappa shape index (κ3) is 3.72. The van der Waals surface area contributed by atoms with E-state index in [0.29, 0.717) is 5.13 Å². The fraction of sp³-hybridized carbons (Fsp3) is 0.0667. The first-order chi connectivity index (χ1) is 11.1. The van der Waals surface area contributed by atoms with Gasteiger partial charge in [-0.25, -0.2) is 15.0 Å². The average molecular weight is 390 g/mol. The normalized spacial score (nSPS) is 10.5. The highest BCUT2D eigenvalue weighted by atomic mass is 79.9. The lowest BCUT2D eigenvalue weighted by molar-refractivity contribution is 0.102. The number of thiazole rings is 1. The van der Waals surface area contributed by atoms with Crippen molar-refractivity contribution in [3.63, 3.8) is 0 Å². The second kappa shape index (κ2) is 6.84. The number of nitrogens with one attached hydrogen (secondary N) is 1. The van der Waals surface area contributed by atoms with Crippen LogP contribution in [-0.4, -0.2) is 20.9 Å². The van der Waals surface area contributed by atoms with Crippen LogP contribution in [0.1, 0.15) is 20.9 Å². The summed E-state index contributed by atoms with van der Waals surface area (Å²) in [5.41, 5.74) is 6.89. The number of hydrogen-bond donors (Lipinski definition) is 2. The highest BCUT2D eigenvalue weighted by Gasteiger charge is 2.14. The summed E-state index contributed by atoms with van der Waals surface area (Å²) in [5, 5.41) is 3.20. The van der Waals surface area contributed by atoms with Crippen LogP contribution in [0.15, 0.2) is 47.3 Å². The number of hydrogen-bond acceptors (Lipinski definition) is 6. The third-order valence-corrected chi connectivity index (χ3v) is 4.72. The smallest absolute Gasteiger partial charge is 0.279 e. The molecule has 0 fully saturated rings. The van der Waals surface area contributed by atoms with Gasteiger partial charge in [0.15, 0.2) is 16.6 Å². The summed E-state index contributed by atoms with van der Waals surface area (Å²) < 4.78 is 1.05. The van der Waals surface area contributed by atoms with Crippen LogP contribution in [0.2, 0.25) is 0 Å². The Morgan fingerprint density at radius 2 is 2.00 bits per heavy atom. The highest BCUT2D eigenvalue weighted by Crippen LogP contribution is 2.25. The molecule has 3 rings (SSSR count). The molecule has 116 valence electrons. The molecule has 0 bridgehead atoms. The van der Waals surface area contributed by atoms with Gasteiger partial charge in [-0.3, -0.25) is 10.1 Å². The van der Waals surface area contributed by atoms with Crippen molar-refractivity contribution in [2.75, 3.05) is 11.1 Å². The molecule has 3 aromatic rings. The standard InChI is InChI=1S/C15H12BrN5OS/c16-11-4-2-1-3-9(11)7-10-8-20-15(23-10)21-14(22)12-13(17)19-6-5-18-12/h1-6,8H,7H2,(H2,17,19)(H,20,21,22). The van der Waals surface area contributed by atoms with Gasteiger partial charge in [-0.05, 0) is 11.6 Å². The van der Waals surface area contributed by atoms with Gasteiger partial charge in [-0.1, -0.05) is 34.1 Å². The van der Waals surface area contributed by atoms with Gasteiger partial charge in [-0.15, -0.1) is 11.3 Å². The monoisotopic (exact) mass is 389 g/mol. The lowest BCUT2D eigenvalue weighted by Gasteiger charge is -2.02. The number of carbonyl (C=O) groups excluding carboxylic acids is 1. The summed E-state index contributed by atoms with van der Waals surface area (Å²) >= 11 is 4.94. The number of halogens is 1. The number of nitrogens with two attached hydrogens (primary N) is 1. The molecule has 2 aromatic heterocycles. The van der Waals surface area contributed by atoms with E-state index in [1.165, 1.54) is 23.7 Å². The molecule has 0 spiro atoms. The van der Waals surface area contributed by atoms with Gasteiger partial charge in [0, 0.05) is 34.4 Å².